The van der Waals surface area contributed by atoms with E-state index in [2.05, 4.69) is 71.9 Å². The molecule has 2 heterocycles. The van der Waals surface area contributed by atoms with Crippen LogP contribution in [-0.4, -0.2) is 32.1 Å². The summed E-state index contributed by atoms with van der Waals surface area (Å²) in [5.41, 5.74) is 9.28. The quantitative estimate of drug-likeness (QED) is 0.198. The van der Waals surface area contributed by atoms with Crippen LogP contribution in [0.25, 0.3) is 45.1 Å². The molecular formula is C44H44N2O4. The van der Waals surface area contributed by atoms with E-state index in [1.807, 2.05) is 54.6 Å². The van der Waals surface area contributed by atoms with Gasteiger partial charge in [0.25, 0.3) is 0 Å². The van der Waals surface area contributed by atoms with Gasteiger partial charge >= 0.3 is 11.9 Å². The zero-order valence-corrected chi connectivity index (χ0v) is 29.7. The number of fused-ring (bicyclic) bond motifs is 4. The highest BCUT2D eigenvalue weighted by Crippen LogP contribution is 2.46. The van der Waals surface area contributed by atoms with E-state index < -0.39 is 11.9 Å². The Bertz CT molecular complexity index is 2110. The standard InChI is InChI=1S/C44H44N2O4/c1-43(2,3)29-21-27(39-33(23-29)37(41(47)48)31-14-7-9-16-35(31)45-39)19-25-12-11-13-26(18-25)20-28-22-30(44(4,5)6)24-34-38(42(49)50)32-15-8-10-17-36(32)46-40(28)34/h7-20,29-30H,21-24H2,1-6H3,(H,47,48)(H,49,50)/b27-19-,28-20-/t29-,30+. The van der Waals surface area contributed by atoms with Gasteiger partial charge in [-0.3, -0.25) is 0 Å². The molecule has 50 heavy (non-hydrogen) atoms. The summed E-state index contributed by atoms with van der Waals surface area (Å²) in [7, 11) is 0. The highest BCUT2D eigenvalue weighted by Gasteiger charge is 2.36. The molecule has 0 saturated carbocycles. The van der Waals surface area contributed by atoms with E-state index in [1.54, 1.807) is 0 Å². The van der Waals surface area contributed by atoms with Crippen molar-refractivity contribution in [2.45, 2.75) is 67.2 Å². The second kappa shape index (κ2) is 12.3. The Morgan fingerprint density at radius 3 is 1.38 bits per heavy atom. The Balaban J connectivity index is 1.38. The summed E-state index contributed by atoms with van der Waals surface area (Å²) in [6.45, 7) is 13.3. The third kappa shape index (κ3) is 6.12. The fourth-order valence-electron chi connectivity index (χ4n) is 7.90. The second-order valence-electron chi connectivity index (χ2n) is 16.2. The summed E-state index contributed by atoms with van der Waals surface area (Å²) >= 11 is 0. The molecule has 7 rings (SSSR count). The van der Waals surface area contributed by atoms with Gasteiger partial charge in [-0.15, -0.1) is 0 Å². The minimum atomic E-state index is -0.920. The molecule has 6 heteroatoms. The first-order valence-electron chi connectivity index (χ1n) is 17.5. The van der Waals surface area contributed by atoms with Crippen LogP contribution >= 0.6 is 0 Å². The highest BCUT2D eigenvalue weighted by atomic mass is 16.4. The number of rotatable bonds is 4. The van der Waals surface area contributed by atoms with Crippen LogP contribution in [0.3, 0.4) is 0 Å². The third-order valence-electron chi connectivity index (χ3n) is 10.9. The molecule has 2 atom stereocenters. The fourth-order valence-corrected chi connectivity index (χ4v) is 7.90. The van der Waals surface area contributed by atoms with Gasteiger partial charge in [-0.05, 0) is 112 Å². The minimum absolute atomic E-state index is 0.0333. The lowest BCUT2D eigenvalue weighted by molar-refractivity contribution is 0.0685. The Morgan fingerprint density at radius 1 is 0.600 bits per heavy atom. The van der Waals surface area contributed by atoms with Crippen molar-refractivity contribution < 1.29 is 19.8 Å². The van der Waals surface area contributed by atoms with Crippen LogP contribution in [0.1, 0.15) is 109 Å². The van der Waals surface area contributed by atoms with Crippen molar-refractivity contribution in [2.24, 2.45) is 22.7 Å². The van der Waals surface area contributed by atoms with E-state index in [0.29, 0.717) is 45.8 Å². The van der Waals surface area contributed by atoms with Crippen LogP contribution in [0.15, 0.2) is 72.8 Å². The summed E-state index contributed by atoms with van der Waals surface area (Å²) in [4.78, 5) is 35.7. The number of aromatic carboxylic acids is 2. The molecule has 0 radical (unpaired) electrons. The van der Waals surface area contributed by atoms with Crippen molar-refractivity contribution in [1.82, 2.24) is 9.97 Å². The highest BCUT2D eigenvalue weighted by molar-refractivity contribution is 6.07. The Labute approximate surface area is 293 Å². The summed E-state index contributed by atoms with van der Waals surface area (Å²) in [5.74, 6) is -1.36. The zero-order chi connectivity index (χ0) is 35.5. The Morgan fingerprint density at radius 2 is 1.00 bits per heavy atom. The molecule has 2 aromatic heterocycles. The van der Waals surface area contributed by atoms with E-state index in [9.17, 15) is 19.8 Å². The number of pyridine rings is 2. The summed E-state index contributed by atoms with van der Waals surface area (Å²) < 4.78 is 0. The fraction of sp³-hybridized carbons (Fsp3) is 0.318. The predicted molar refractivity (Wildman–Crippen MR) is 202 cm³/mol. The average Bonchev–Trinajstić information content (AvgIpc) is 3.05. The molecule has 0 fully saturated rings. The number of hydrogen-bond acceptors (Lipinski definition) is 4. The van der Waals surface area contributed by atoms with Crippen molar-refractivity contribution in [3.63, 3.8) is 0 Å². The van der Waals surface area contributed by atoms with E-state index in [1.165, 1.54) is 0 Å². The monoisotopic (exact) mass is 664 g/mol. The third-order valence-corrected chi connectivity index (χ3v) is 10.9. The van der Waals surface area contributed by atoms with Crippen LogP contribution in [0.4, 0.5) is 0 Å². The number of para-hydroxylation sites is 2. The lowest BCUT2D eigenvalue weighted by atomic mass is 9.68. The maximum Gasteiger partial charge on any atom is 0.336 e. The largest absolute Gasteiger partial charge is 0.478 e. The molecule has 0 spiro atoms. The van der Waals surface area contributed by atoms with Gasteiger partial charge in [-0.1, -0.05) is 96.1 Å². The number of aromatic nitrogens is 2. The second-order valence-corrected chi connectivity index (χ2v) is 16.2. The van der Waals surface area contributed by atoms with Gasteiger partial charge < -0.3 is 10.2 Å². The van der Waals surface area contributed by atoms with Crippen molar-refractivity contribution in [1.29, 1.82) is 0 Å². The average molecular weight is 665 g/mol. The molecule has 5 aromatic rings. The number of allylic oxidation sites excluding steroid dienone is 2. The van der Waals surface area contributed by atoms with Crippen LogP contribution in [0.2, 0.25) is 0 Å². The van der Waals surface area contributed by atoms with Gasteiger partial charge in [-0.25, -0.2) is 19.6 Å². The molecule has 0 bridgehead atoms. The molecule has 2 aliphatic rings. The van der Waals surface area contributed by atoms with Crippen molar-refractivity contribution >= 4 is 57.0 Å². The number of carboxylic acid groups (broad SMARTS) is 2. The number of nitrogens with zero attached hydrogens (tertiary/aromatic N) is 2. The number of benzene rings is 3. The SMILES string of the molecule is CC(C)(C)[C@@H]1C/C(=C/c2cccc(/C=C3/C[C@H](C(C)(C)C)Cc4c3nc3ccccc3c4C(=O)O)c2)c2nc3ccccc3c(C(=O)O)c2C1. The summed E-state index contributed by atoms with van der Waals surface area (Å²) in [6.07, 6.45) is 7.26. The first-order chi connectivity index (χ1) is 23.7. The van der Waals surface area contributed by atoms with Crippen LogP contribution in [0.5, 0.6) is 0 Å². The zero-order valence-electron chi connectivity index (χ0n) is 29.7. The molecular weight excluding hydrogens is 620 g/mol. The van der Waals surface area contributed by atoms with Crippen LogP contribution < -0.4 is 0 Å². The summed E-state index contributed by atoms with van der Waals surface area (Å²) in [6, 6.07) is 23.4. The molecule has 6 nitrogen and oxygen atoms in total. The maximum absolute atomic E-state index is 12.8. The van der Waals surface area contributed by atoms with E-state index in [-0.39, 0.29) is 22.7 Å². The molecule has 0 unspecified atom stereocenters. The molecule has 2 N–H and O–H groups in total. The maximum atomic E-state index is 12.8. The molecule has 3 aromatic carbocycles. The van der Waals surface area contributed by atoms with Gasteiger partial charge in [0.15, 0.2) is 0 Å². The Kier molecular flexibility index (Phi) is 8.25. The molecule has 0 amide bonds. The van der Waals surface area contributed by atoms with E-state index in [4.69, 9.17) is 9.97 Å². The number of carboxylic acids is 2. The van der Waals surface area contributed by atoms with Crippen molar-refractivity contribution in [3.05, 3.63) is 118 Å². The minimum Gasteiger partial charge on any atom is -0.478 e. The molecule has 254 valence electrons. The predicted octanol–water partition coefficient (Wildman–Crippen LogP) is 10.5. The molecule has 2 aliphatic carbocycles. The van der Waals surface area contributed by atoms with E-state index >= 15 is 0 Å². The van der Waals surface area contributed by atoms with Crippen LogP contribution in [0, 0.1) is 22.7 Å². The lowest BCUT2D eigenvalue weighted by Crippen LogP contribution is -2.28. The molecule has 0 saturated heterocycles. The first-order valence-corrected chi connectivity index (χ1v) is 17.5. The molecule has 0 aliphatic heterocycles. The van der Waals surface area contributed by atoms with Gasteiger partial charge in [0.05, 0.1) is 33.5 Å². The lowest BCUT2D eigenvalue weighted by Gasteiger charge is -2.36. The van der Waals surface area contributed by atoms with Crippen LogP contribution in [-0.2, 0) is 12.8 Å². The number of carbonyl (C=O) groups is 2. The normalized spacial score (nSPS) is 19.5. The smallest absolute Gasteiger partial charge is 0.336 e. The van der Waals surface area contributed by atoms with Crippen molar-refractivity contribution in [2.75, 3.05) is 0 Å². The van der Waals surface area contributed by atoms with Crippen molar-refractivity contribution in [3.8, 4) is 0 Å². The van der Waals surface area contributed by atoms with E-state index in [0.717, 1.165) is 57.6 Å². The Hall–Kier alpha value is -5.10. The summed E-state index contributed by atoms with van der Waals surface area (Å²) in [5, 5.41) is 22.3. The topological polar surface area (TPSA) is 100 Å². The van der Waals surface area contributed by atoms with Gasteiger partial charge in [0.2, 0.25) is 0 Å². The van der Waals surface area contributed by atoms with Gasteiger partial charge in [0.1, 0.15) is 0 Å². The van der Waals surface area contributed by atoms with Gasteiger partial charge in [-0.2, -0.15) is 0 Å². The van der Waals surface area contributed by atoms with Gasteiger partial charge in [0, 0.05) is 10.8 Å². The first kappa shape index (κ1) is 33.4. The number of hydrogen-bond donors (Lipinski definition) is 2.